The standard InChI is InChI=1S/C25H21N3O6/c1-18(33-23-10-6-5-9-22(23)28(31)32)25(30)27-26-17-20-11-14-21(15-12-20)34-24(29)16-13-19-7-3-2-4-8-19/h2-18H,1H3,(H,27,30). The van der Waals surface area contributed by atoms with Crippen LogP contribution in [0, 0.1) is 10.1 Å². The molecule has 9 nitrogen and oxygen atoms in total. The second-order valence-electron chi connectivity index (χ2n) is 6.95. The summed E-state index contributed by atoms with van der Waals surface area (Å²) in [6, 6.07) is 21.7. The van der Waals surface area contributed by atoms with Gasteiger partial charge in [0.2, 0.25) is 0 Å². The molecule has 9 heteroatoms. The van der Waals surface area contributed by atoms with Gasteiger partial charge in [0, 0.05) is 12.1 Å². The lowest BCUT2D eigenvalue weighted by atomic mass is 10.2. The van der Waals surface area contributed by atoms with Crippen molar-refractivity contribution < 1.29 is 24.0 Å². The Morgan fingerprint density at radius 2 is 1.65 bits per heavy atom. The molecular weight excluding hydrogens is 438 g/mol. The molecule has 0 spiro atoms. The van der Waals surface area contributed by atoms with Gasteiger partial charge in [-0.15, -0.1) is 0 Å². The molecule has 172 valence electrons. The Hall–Kier alpha value is -4.79. The monoisotopic (exact) mass is 459 g/mol. The van der Waals surface area contributed by atoms with E-state index < -0.39 is 22.9 Å². The Kier molecular flexibility index (Phi) is 8.23. The van der Waals surface area contributed by atoms with Crippen molar-refractivity contribution in [2.24, 2.45) is 5.10 Å². The first-order valence-electron chi connectivity index (χ1n) is 10.2. The maximum Gasteiger partial charge on any atom is 0.336 e. The third-order valence-electron chi connectivity index (χ3n) is 4.43. The number of carbonyl (C=O) groups excluding carboxylic acids is 2. The molecule has 0 aromatic heterocycles. The lowest BCUT2D eigenvalue weighted by molar-refractivity contribution is -0.386. The van der Waals surface area contributed by atoms with E-state index in [2.05, 4.69) is 10.5 Å². The summed E-state index contributed by atoms with van der Waals surface area (Å²) in [5, 5.41) is 14.9. The van der Waals surface area contributed by atoms with E-state index in [4.69, 9.17) is 9.47 Å². The first-order valence-corrected chi connectivity index (χ1v) is 10.2. The van der Waals surface area contributed by atoms with E-state index in [-0.39, 0.29) is 11.4 Å². The van der Waals surface area contributed by atoms with Crippen molar-refractivity contribution in [2.45, 2.75) is 13.0 Å². The molecule has 1 N–H and O–H groups in total. The van der Waals surface area contributed by atoms with Gasteiger partial charge in [-0.2, -0.15) is 5.10 Å². The fraction of sp³-hybridized carbons (Fsp3) is 0.0800. The fourth-order valence-corrected chi connectivity index (χ4v) is 2.71. The molecule has 0 heterocycles. The number of hydrogen-bond donors (Lipinski definition) is 1. The van der Waals surface area contributed by atoms with Crippen molar-refractivity contribution in [2.75, 3.05) is 0 Å². The van der Waals surface area contributed by atoms with Gasteiger partial charge < -0.3 is 9.47 Å². The summed E-state index contributed by atoms with van der Waals surface area (Å²) < 4.78 is 10.6. The maximum absolute atomic E-state index is 12.2. The minimum atomic E-state index is -1.01. The maximum atomic E-state index is 12.2. The molecule has 1 unspecified atom stereocenters. The zero-order valence-electron chi connectivity index (χ0n) is 18.2. The highest BCUT2D eigenvalue weighted by Gasteiger charge is 2.20. The first-order chi connectivity index (χ1) is 16.4. The van der Waals surface area contributed by atoms with Crippen molar-refractivity contribution in [3.8, 4) is 11.5 Å². The molecule has 3 aromatic rings. The molecule has 0 aliphatic carbocycles. The van der Waals surface area contributed by atoms with Crippen LogP contribution in [0.1, 0.15) is 18.1 Å². The SMILES string of the molecule is CC(Oc1ccccc1[N+](=O)[O-])C(=O)NN=Cc1ccc(OC(=O)C=Cc2ccccc2)cc1. The Morgan fingerprint density at radius 3 is 2.35 bits per heavy atom. The third kappa shape index (κ3) is 7.13. The Morgan fingerprint density at radius 1 is 0.971 bits per heavy atom. The van der Waals surface area contributed by atoms with Crippen LogP contribution in [0.2, 0.25) is 0 Å². The predicted octanol–water partition coefficient (Wildman–Crippen LogP) is 4.13. The summed E-state index contributed by atoms with van der Waals surface area (Å²) in [7, 11) is 0. The average Bonchev–Trinajstić information content (AvgIpc) is 2.84. The van der Waals surface area contributed by atoms with Gasteiger partial charge in [-0.25, -0.2) is 10.2 Å². The van der Waals surface area contributed by atoms with E-state index in [1.54, 1.807) is 36.4 Å². The summed E-state index contributed by atoms with van der Waals surface area (Å²) in [5.74, 6) is -0.742. The van der Waals surface area contributed by atoms with Crippen molar-refractivity contribution in [1.29, 1.82) is 0 Å². The van der Waals surface area contributed by atoms with E-state index in [0.29, 0.717) is 11.3 Å². The highest BCUT2D eigenvalue weighted by Crippen LogP contribution is 2.26. The minimum Gasteiger partial charge on any atom is -0.474 e. The number of hydrazone groups is 1. The minimum absolute atomic E-state index is 0.0112. The van der Waals surface area contributed by atoms with Crippen molar-refractivity contribution >= 4 is 29.9 Å². The summed E-state index contributed by atoms with van der Waals surface area (Å²) in [6.07, 6.45) is 3.39. The van der Waals surface area contributed by atoms with Crippen LogP contribution in [0.15, 0.2) is 90.0 Å². The largest absolute Gasteiger partial charge is 0.474 e. The quantitative estimate of drug-likeness (QED) is 0.128. The number of carbonyl (C=O) groups is 2. The van der Waals surface area contributed by atoms with Gasteiger partial charge in [-0.05, 0) is 54.5 Å². The van der Waals surface area contributed by atoms with Gasteiger partial charge in [0.25, 0.3) is 5.91 Å². The number of amides is 1. The van der Waals surface area contributed by atoms with Crippen LogP contribution in [0.5, 0.6) is 11.5 Å². The molecule has 0 radical (unpaired) electrons. The van der Waals surface area contributed by atoms with Gasteiger partial charge in [0.15, 0.2) is 11.9 Å². The molecule has 1 atom stereocenters. The summed E-state index contributed by atoms with van der Waals surface area (Å²) in [6.45, 7) is 1.46. The first kappa shape index (κ1) is 23.9. The lowest BCUT2D eigenvalue weighted by Gasteiger charge is -2.12. The van der Waals surface area contributed by atoms with Crippen LogP contribution in [0.4, 0.5) is 5.69 Å². The average molecular weight is 459 g/mol. The number of para-hydroxylation sites is 2. The summed E-state index contributed by atoms with van der Waals surface area (Å²) in [5.41, 5.74) is 3.62. The smallest absolute Gasteiger partial charge is 0.336 e. The van der Waals surface area contributed by atoms with Crippen molar-refractivity contribution in [1.82, 2.24) is 5.43 Å². The van der Waals surface area contributed by atoms with Gasteiger partial charge in [0.05, 0.1) is 11.1 Å². The topological polar surface area (TPSA) is 120 Å². The molecule has 0 saturated heterocycles. The predicted molar refractivity (Wildman–Crippen MR) is 126 cm³/mol. The van der Waals surface area contributed by atoms with Crippen LogP contribution >= 0.6 is 0 Å². The number of hydrogen-bond acceptors (Lipinski definition) is 7. The molecule has 3 aromatic carbocycles. The van der Waals surface area contributed by atoms with Gasteiger partial charge in [-0.3, -0.25) is 14.9 Å². The summed E-state index contributed by atoms with van der Waals surface area (Å²) >= 11 is 0. The second-order valence-corrected chi connectivity index (χ2v) is 6.95. The zero-order valence-corrected chi connectivity index (χ0v) is 18.2. The number of nitrogens with zero attached hydrogens (tertiary/aromatic N) is 2. The molecule has 0 saturated carbocycles. The third-order valence-corrected chi connectivity index (χ3v) is 4.43. The number of nitro groups is 1. The van der Waals surface area contributed by atoms with Crippen molar-refractivity contribution in [3.63, 3.8) is 0 Å². The Labute approximate surface area is 195 Å². The van der Waals surface area contributed by atoms with Crippen LogP contribution in [-0.2, 0) is 9.59 Å². The number of ether oxygens (including phenoxy) is 2. The zero-order chi connectivity index (χ0) is 24.3. The number of nitrogens with one attached hydrogen (secondary N) is 1. The number of nitro benzene ring substituents is 1. The highest BCUT2D eigenvalue weighted by atomic mass is 16.6. The molecular formula is C25H21N3O6. The number of esters is 1. The van der Waals surface area contributed by atoms with Crippen LogP contribution in [0.3, 0.4) is 0 Å². The molecule has 34 heavy (non-hydrogen) atoms. The fourth-order valence-electron chi connectivity index (χ4n) is 2.71. The summed E-state index contributed by atoms with van der Waals surface area (Å²) in [4.78, 5) is 34.6. The Balaban J connectivity index is 1.49. The lowest BCUT2D eigenvalue weighted by Crippen LogP contribution is -2.33. The molecule has 3 rings (SSSR count). The molecule has 0 aliphatic heterocycles. The van der Waals surface area contributed by atoms with Crippen LogP contribution < -0.4 is 14.9 Å². The van der Waals surface area contributed by atoms with E-state index >= 15 is 0 Å². The molecule has 0 fully saturated rings. The molecule has 1 amide bonds. The van der Waals surface area contributed by atoms with E-state index in [9.17, 15) is 19.7 Å². The van der Waals surface area contributed by atoms with E-state index in [1.165, 1.54) is 37.4 Å². The Bertz CT molecular complexity index is 1210. The van der Waals surface area contributed by atoms with E-state index in [1.807, 2.05) is 30.3 Å². The van der Waals surface area contributed by atoms with Crippen molar-refractivity contribution in [3.05, 3.63) is 106 Å². The van der Waals surface area contributed by atoms with Gasteiger partial charge >= 0.3 is 11.7 Å². The van der Waals surface area contributed by atoms with E-state index in [0.717, 1.165) is 5.56 Å². The van der Waals surface area contributed by atoms with Gasteiger partial charge in [0.1, 0.15) is 5.75 Å². The second kappa shape index (κ2) is 11.7. The highest BCUT2D eigenvalue weighted by molar-refractivity contribution is 5.89. The van der Waals surface area contributed by atoms with Crippen LogP contribution in [-0.4, -0.2) is 29.1 Å². The normalized spacial score (nSPS) is 11.8. The van der Waals surface area contributed by atoms with Crippen LogP contribution in [0.25, 0.3) is 6.08 Å². The molecule has 0 aliphatic rings. The molecule has 0 bridgehead atoms. The number of rotatable bonds is 9. The number of benzene rings is 3. The van der Waals surface area contributed by atoms with Gasteiger partial charge in [-0.1, -0.05) is 42.5 Å².